The molecule has 1 aromatic rings. The molecular weight excluding hydrogens is 336 g/mol. The number of ether oxygens (including phenoxy) is 2. The number of aliphatic hydroxyl groups is 1. The van der Waals surface area contributed by atoms with Crippen molar-refractivity contribution in [3.63, 3.8) is 0 Å². The Bertz CT molecular complexity index is 689. The molecule has 6 nitrogen and oxygen atoms in total. The highest BCUT2D eigenvalue weighted by Gasteiger charge is 2.56. The Labute approximate surface area is 153 Å². The molecule has 1 N–H and O–H groups in total. The first-order valence-corrected chi connectivity index (χ1v) is 8.64. The molecule has 0 aromatic heterocycles. The Hall–Kier alpha value is -2.21. The SMILES string of the molecule is COC(=O)C1C(=O)CC(C)(O)C(C(=O)OC)C1c1ccc(C(C)C)cc1. The fraction of sp³-hybridized carbons (Fsp3) is 0.550. The minimum absolute atomic E-state index is 0.312. The van der Waals surface area contributed by atoms with Crippen molar-refractivity contribution in [2.24, 2.45) is 11.8 Å². The van der Waals surface area contributed by atoms with Crippen LogP contribution < -0.4 is 0 Å². The van der Waals surface area contributed by atoms with E-state index in [9.17, 15) is 19.5 Å². The van der Waals surface area contributed by atoms with Crippen LogP contribution in [0.4, 0.5) is 0 Å². The van der Waals surface area contributed by atoms with Crippen molar-refractivity contribution in [3.8, 4) is 0 Å². The van der Waals surface area contributed by atoms with Gasteiger partial charge in [-0.3, -0.25) is 14.4 Å². The summed E-state index contributed by atoms with van der Waals surface area (Å²) in [6, 6.07) is 7.38. The molecule has 4 unspecified atom stereocenters. The molecule has 1 fully saturated rings. The summed E-state index contributed by atoms with van der Waals surface area (Å²) in [5, 5.41) is 10.8. The Morgan fingerprint density at radius 2 is 1.65 bits per heavy atom. The molecule has 26 heavy (non-hydrogen) atoms. The quantitative estimate of drug-likeness (QED) is 0.652. The van der Waals surface area contributed by atoms with Gasteiger partial charge in [0.1, 0.15) is 5.92 Å². The van der Waals surface area contributed by atoms with Gasteiger partial charge in [-0.15, -0.1) is 0 Å². The monoisotopic (exact) mass is 362 g/mol. The van der Waals surface area contributed by atoms with Gasteiger partial charge in [0.25, 0.3) is 0 Å². The molecular formula is C20H26O6. The Morgan fingerprint density at radius 3 is 2.12 bits per heavy atom. The number of carbonyl (C=O) groups is 3. The van der Waals surface area contributed by atoms with Gasteiger partial charge in [-0.05, 0) is 24.0 Å². The van der Waals surface area contributed by atoms with Gasteiger partial charge in [0.15, 0.2) is 5.78 Å². The molecule has 6 heteroatoms. The molecule has 0 aliphatic heterocycles. The maximum absolute atomic E-state index is 12.6. The van der Waals surface area contributed by atoms with Gasteiger partial charge in [0.05, 0.1) is 25.7 Å². The van der Waals surface area contributed by atoms with Crippen LogP contribution in [0.25, 0.3) is 0 Å². The fourth-order valence-corrected chi connectivity index (χ4v) is 3.77. The number of hydrogen-bond acceptors (Lipinski definition) is 6. The summed E-state index contributed by atoms with van der Waals surface area (Å²) < 4.78 is 9.68. The van der Waals surface area contributed by atoms with E-state index in [2.05, 4.69) is 13.8 Å². The molecule has 1 aromatic carbocycles. The molecule has 1 aliphatic rings. The van der Waals surface area contributed by atoms with Gasteiger partial charge in [-0.2, -0.15) is 0 Å². The number of rotatable bonds is 4. The van der Waals surface area contributed by atoms with Crippen LogP contribution in [0, 0.1) is 11.8 Å². The lowest BCUT2D eigenvalue weighted by molar-refractivity contribution is -0.170. The predicted octanol–water partition coefficient (Wildman–Crippen LogP) is 2.20. The van der Waals surface area contributed by atoms with Gasteiger partial charge in [0.2, 0.25) is 0 Å². The summed E-state index contributed by atoms with van der Waals surface area (Å²) in [4.78, 5) is 37.4. The molecule has 0 radical (unpaired) electrons. The fourth-order valence-electron chi connectivity index (χ4n) is 3.77. The third-order valence-electron chi connectivity index (χ3n) is 5.17. The van der Waals surface area contributed by atoms with Crippen molar-refractivity contribution in [2.45, 2.75) is 44.6 Å². The van der Waals surface area contributed by atoms with Gasteiger partial charge >= 0.3 is 11.9 Å². The summed E-state index contributed by atoms with van der Waals surface area (Å²) in [6.45, 7) is 5.53. The van der Waals surface area contributed by atoms with E-state index in [1.165, 1.54) is 21.1 Å². The predicted molar refractivity (Wildman–Crippen MR) is 94.5 cm³/mol. The lowest BCUT2D eigenvalue weighted by Crippen LogP contribution is -2.55. The summed E-state index contributed by atoms with van der Waals surface area (Å²) in [5.74, 6) is -4.57. The molecule has 1 saturated carbocycles. The zero-order valence-corrected chi connectivity index (χ0v) is 15.8. The first kappa shape index (κ1) is 20.1. The van der Waals surface area contributed by atoms with E-state index in [-0.39, 0.29) is 6.42 Å². The first-order valence-electron chi connectivity index (χ1n) is 8.64. The average molecular weight is 362 g/mol. The number of ketones is 1. The highest BCUT2D eigenvalue weighted by atomic mass is 16.5. The van der Waals surface area contributed by atoms with Gasteiger partial charge in [-0.1, -0.05) is 38.1 Å². The number of methoxy groups -OCH3 is 2. The van der Waals surface area contributed by atoms with Crippen LogP contribution >= 0.6 is 0 Å². The van der Waals surface area contributed by atoms with Gasteiger partial charge < -0.3 is 14.6 Å². The van der Waals surface area contributed by atoms with Crippen molar-refractivity contribution in [1.82, 2.24) is 0 Å². The number of carbonyl (C=O) groups excluding carboxylic acids is 3. The summed E-state index contributed by atoms with van der Waals surface area (Å²) in [6.07, 6.45) is -0.312. The van der Waals surface area contributed by atoms with E-state index in [4.69, 9.17) is 9.47 Å². The molecule has 0 spiro atoms. The molecule has 2 rings (SSSR count). The van der Waals surface area contributed by atoms with Crippen LogP contribution in [0.2, 0.25) is 0 Å². The molecule has 1 aliphatic carbocycles. The van der Waals surface area contributed by atoms with Crippen LogP contribution in [-0.4, -0.2) is 42.6 Å². The second-order valence-electron chi connectivity index (χ2n) is 7.35. The number of Topliss-reactive ketones (excluding diaryl/α,β-unsaturated/α-hetero) is 1. The Morgan fingerprint density at radius 1 is 1.12 bits per heavy atom. The maximum Gasteiger partial charge on any atom is 0.316 e. The highest BCUT2D eigenvalue weighted by Crippen LogP contribution is 2.46. The number of esters is 2. The van der Waals surface area contributed by atoms with Crippen LogP contribution in [0.1, 0.15) is 50.2 Å². The molecule has 4 atom stereocenters. The highest BCUT2D eigenvalue weighted by molar-refractivity contribution is 6.02. The van der Waals surface area contributed by atoms with E-state index < -0.39 is 41.1 Å². The standard InChI is InChI=1S/C20H26O6/c1-11(2)12-6-8-13(9-7-12)15-16(18(22)25-4)14(21)10-20(3,24)17(15)19(23)26-5/h6-9,11,15-17,24H,10H2,1-5H3. The van der Waals surface area contributed by atoms with Gasteiger partial charge in [0, 0.05) is 12.3 Å². The van der Waals surface area contributed by atoms with Crippen molar-refractivity contribution >= 4 is 17.7 Å². The molecule has 0 heterocycles. The Kier molecular flexibility index (Phi) is 5.86. The third kappa shape index (κ3) is 3.65. The number of hydrogen-bond donors (Lipinski definition) is 1. The average Bonchev–Trinajstić information content (AvgIpc) is 2.59. The second-order valence-corrected chi connectivity index (χ2v) is 7.35. The number of benzene rings is 1. The maximum atomic E-state index is 12.6. The van der Waals surface area contributed by atoms with Crippen molar-refractivity contribution < 1.29 is 29.0 Å². The third-order valence-corrected chi connectivity index (χ3v) is 5.17. The summed E-state index contributed by atoms with van der Waals surface area (Å²) in [5.41, 5.74) is 0.0937. The van der Waals surface area contributed by atoms with Crippen molar-refractivity contribution in [2.75, 3.05) is 14.2 Å². The lowest BCUT2D eigenvalue weighted by Gasteiger charge is -2.43. The molecule has 142 valence electrons. The van der Waals surface area contributed by atoms with E-state index in [0.717, 1.165) is 5.56 Å². The van der Waals surface area contributed by atoms with E-state index >= 15 is 0 Å². The van der Waals surface area contributed by atoms with Crippen LogP contribution in [-0.2, 0) is 23.9 Å². The normalized spacial score (nSPS) is 28.7. The Balaban J connectivity index is 2.61. The second kappa shape index (κ2) is 7.58. The van der Waals surface area contributed by atoms with Crippen molar-refractivity contribution in [3.05, 3.63) is 35.4 Å². The molecule has 0 bridgehead atoms. The molecule has 0 amide bonds. The van der Waals surface area contributed by atoms with E-state index in [1.54, 1.807) is 12.1 Å². The zero-order chi connectivity index (χ0) is 19.6. The van der Waals surface area contributed by atoms with Crippen molar-refractivity contribution in [1.29, 1.82) is 0 Å². The largest absolute Gasteiger partial charge is 0.469 e. The minimum Gasteiger partial charge on any atom is -0.469 e. The molecule has 0 saturated heterocycles. The minimum atomic E-state index is -1.61. The van der Waals surface area contributed by atoms with Crippen LogP contribution in [0.3, 0.4) is 0 Å². The smallest absolute Gasteiger partial charge is 0.316 e. The first-order chi connectivity index (χ1) is 12.1. The zero-order valence-electron chi connectivity index (χ0n) is 15.8. The summed E-state index contributed by atoms with van der Waals surface area (Å²) >= 11 is 0. The lowest BCUT2D eigenvalue weighted by atomic mass is 9.61. The van der Waals surface area contributed by atoms with E-state index in [0.29, 0.717) is 11.5 Å². The topological polar surface area (TPSA) is 89.9 Å². The summed E-state index contributed by atoms with van der Waals surface area (Å²) in [7, 11) is 2.43. The van der Waals surface area contributed by atoms with Gasteiger partial charge in [-0.25, -0.2) is 0 Å². The van der Waals surface area contributed by atoms with Crippen LogP contribution in [0.15, 0.2) is 24.3 Å². The van der Waals surface area contributed by atoms with Crippen LogP contribution in [0.5, 0.6) is 0 Å². The van der Waals surface area contributed by atoms with E-state index in [1.807, 2.05) is 12.1 Å².